The zero-order chi connectivity index (χ0) is 16.4. The topological polar surface area (TPSA) is 79.8 Å². The number of carbonyl (C=O) groups excluding carboxylic acids is 1. The number of carbonyl (C=O) groups is 1. The van der Waals surface area contributed by atoms with Crippen LogP contribution >= 0.6 is 0 Å². The van der Waals surface area contributed by atoms with Crippen LogP contribution in [0.1, 0.15) is 21.6 Å². The fourth-order valence-corrected chi connectivity index (χ4v) is 2.14. The highest BCUT2D eigenvalue weighted by Crippen LogP contribution is 2.10. The van der Waals surface area contributed by atoms with Crippen LogP contribution in [0.3, 0.4) is 0 Å². The number of aromatic nitrogens is 3. The lowest BCUT2D eigenvalue weighted by atomic mass is 10.2. The van der Waals surface area contributed by atoms with Crippen LogP contribution in [-0.4, -0.2) is 20.9 Å². The van der Waals surface area contributed by atoms with E-state index in [0.717, 1.165) is 11.1 Å². The molecular formula is C17H16N4O2. The Hall–Kier alpha value is -3.15. The molecule has 116 valence electrons. The molecular weight excluding hydrogens is 292 g/mol. The number of hydrogen-bond donors (Lipinski definition) is 2. The number of nitrogens with one attached hydrogen (secondary N) is 2. The van der Waals surface area contributed by atoms with Gasteiger partial charge in [0.15, 0.2) is 0 Å². The van der Waals surface area contributed by atoms with E-state index in [1.807, 2.05) is 38.1 Å². The predicted octanol–water partition coefficient (Wildman–Crippen LogP) is 2.43. The van der Waals surface area contributed by atoms with Gasteiger partial charge in [0.25, 0.3) is 5.91 Å². The Morgan fingerprint density at radius 2 is 1.57 bits per heavy atom. The summed E-state index contributed by atoms with van der Waals surface area (Å²) in [7, 11) is 0. The first-order chi connectivity index (χ1) is 11.0. The van der Waals surface area contributed by atoms with Crippen LogP contribution in [0.15, 0.2) is 53.3 Å². The van der Waals surface area contributed by atoms with E-state index >= 15 is 0 Å². The summed E-state index contributed by atoms with van der Waals surface area (Å²) in [5.41, 5.74) is 2.75. The number of benzene rings is 2. The molecule has 1 amide bonds. The van der Waals surface area contributed by atoms with Crippen molar-refractivity contribution in [2.45, 2.75) is 13.8 Å². The number of anilines is 1. The Morgan fingerprint density at radius 1 is 1.00 bits per heavy atom. The maximum atomic E-state index is 12.3. The highest BCUT2D eigenvalue weighted by atomic mass is 16.2. The fourth-order valence-electron chi connectivity index (χ4n) is 2.14. The van der Waals surface area contributed by atoms with Crippen LogP contribution in [0.5, 0.6) is 0 Å². The van der Waals surface area contributed by atoms with Crippen LogP contribution in [0.25, 0.3) is 5.69 Å². The quantitative estimate of drug-likeness (QED) is 0.780. The summed E-state index contributed by atoms with van der Waals surface area (Å²) in [6.07, 6.45) is 0. The lowest BCUT2D eigenvalue weighted by Crippen LogP contribution is -2.24. The number of aromatic amines is 1. The third kappa shape index (κ3) is 3.06. The number of H-pyrrole nitrogens is 1. The van der Waals surface area contributed by atoms with Crippen molar-refractivity contribution in [1.29, 1.82) is 0 Å². The zero-order valence-corrected chi connectivity index (χ0v) is 12.8. The minimum atomic E-state index is -0.541. The monoisotopic (exact) mass is 308 g/mol. The molecule has 0 radical (unpaired) electrons. The van der Waals surface area contributed by atoms with Gasteiger partial charge in [-0.3, -0.25) is 9.59 Å². The molecule has 0 atom stereocenters. The number of rotatable bonds is 3. The maximum Gasteiger partial charge on any atom is 0.304 e. The second-order valence-electron chi connectivity index (χ2n) is 5.36. The summed E-state index contributed by atoms with van der Waals surface area (Å²) in [5.74, 6) is -0.541. The lowest BCUT2D eigenvalue weighted by Gasteiger charge is -2.02. The Bertz CT molecular complexity index is 890. The molecule has 0 unspecified atom stereocenters. The Balaban J connectivity index is 1.86. The van der Waals surface area contributed by atoms with E-state index in [9.17, 15) is 9.59 Å². The van der Waals surface area contributed by atoms with Gasteiger partial charge in [0.05, 0.1) is 5.69 Å². The van der Waals surface area contributed by atoms with E-state index < -0.39 is 11.5 Å². The van der Waals surface area contributed by atoms with Crippen molar-refractivity contribution in [2.75, 3.05) is 5.32 Å². The number of nitrogens with zero attached hydrogens (tertiary/aromatic N) is 2. The first-order valence-corrected chi connectivity index (χ1v) is 7.17. The highest BCUT2D eigenvalue weighted by molar-refractivity contribution is 6.02. The van der Waals surface area contributed by atoms with Crippen molar-refractivity contribution in [3.63, 3.8) is 0 Å². The Labute approximate surface area is 132 Å². The van der Waals surface area contributed by atoms with Crippen LogP contribution in [0.2, 0.25) is 0 Å². The third-order valence-corrected chi connectivity index (χ3v) is 3.48. The van der Waals surface area contributed by atoms with E-state index in [2.05, 4.69) is 15.6 Å². The number of aryl methyl sites for hydroxylation is 2. The van der Waals surface area contributed by atoms with Crippen molar-refractivity contribution in [3.05, 3.63) is 75.7 Å². The van der Waals surface area contributed by atoms with E-state index in [1.165, 1.54) is 4.68 Å². The van der Waals surface area contributed by atoms with Gasteiger partial charge in [0.2, 0.25) is 5.69 Å². The number of hydrogen-bond acceptors (Lipinski definition) is 3. The average molecular weight is 308 g/mol. The minimum absolute atomic E-state index is 0.175. The normalized spacial score (nSPS) is 10.5. The molecule has 6 heteroatoms. The zero-order valence-electron chi connectivity index (χ0n) is 12.8. The van der Waals surface area contributed by atoms with Crippen molar-refractivity contribution < 1.29 is 4.79 Å². The van der Waals surface area contributed by atoms with Crippen LogP contribution in [-0.2, 0) is 0 Å². The average Bonchev–Trinajstić information content (AvgIpc) is 2.92. The van der Waals surface area contributed by atoms with E-state index in [1.54, 1.807) is 24.3 Å². The van der Waals surface area contributed by atoms with Gasteiger partial charge in [0.1, 0.15) is 0 Å². The second kappa shape index (κ2) is 5.92. The summed E-state index contributed by atoms with van der Waals surface area (Å²) in [6.45, 7) is 3.92. The molecule has 1 aromatic heterocycles. The Morgan fingerprint density at radius 3 is 2.17 bits per heavy atom. The maximum absolute atomic E-state index is 12.3. The van der Waals surface area contributed by atoms with Gasteiger partial charge in [-0.2, -0.15) is 0 Å². The fraction of sp³-hybridized carbons (Fsp3) is 0.118. The molecule has 23 heavy (non-hydrogen) atoms. The molecule has 3 aromatic rings. The second-order valence-corrected chi connectivity index (χ2v) is 5.36. The largest absolute Gasteiger partial charge is 0.320 e. The molecule has 0 bridgehead atoms. The smallest absolute Gasteiger partial charge is 0.304 e. The van der Waals surface area contributed by atoms with E-state index in [-0.39, 0.29) is 5.69 Å². The molecule has 0 aliphatic heterocycles. The van der Waals surface area contributed by atoms with Gasteiger partial charge >= 0.3 is 5.56 Å². The van der Waals surface area contributed by atoms with E-state index in [4.69, 9.17) is 0 Å². The van der Waals surface area contributed by atoms with Crippen molar-refractivity contribution in [1.82, 2.24) is 15.0 Å². The minimum Gasteiger partial charge on any atom is -0.320 e. The molecule has 0 aliphatic rings. The molecule has 0 fully saturated rings. The summed E-state index contributed by atoms with van der Waals surface area (Å²) >= 11 is 0. The van der Waals surface area contributed by atoms with Gasteiger partial charge in [-0.15, -0.1) is 5.10 Å². The Kier molecular flexibility index (Phi) is 3.80. The highest BCUT2D eigenvalue weighted by Gasteiger charge is 2.17. The molecule has 0 saturated heterocycles. The SMILES string of the molecule is Cc1ccc(NC(=O)c2n[nH]n(-c3ccc(C)cc3)c2=O)cc1. The molecule has 0 spiro atoms. The third-order valence-electron chi connectivity index (χ3n) is 3.48. The summed E-state index contributed by atoms with van der Waals surface area (Å²) in [5, 5.41) is 9.09. The molecule has 6 nitrogen and oxygen atoms in total. The van der Waals surface area contributed by atoms with Gasteiger partial charge in [-0.05, 0) is 38.1 Å². The van der Waals surface area contributed by atoms with Crippen molar-refractivity contribution >= 4 is 11.6 Å². The van der Waals surface area contributed by atoms with Crippen molar-refractivity contribution in [3.8, 4) is 5.69 Å². The first kappa shape index (κ1) is 14.8. The standard InChI is InChI=1S/C17H16N4O2/c1-11-3-7-13(8-4-11)18-16(22)15-17(23)21(20-19-15)14-9-5-12(2)6-10-14/h3-10,20H,1-2H3,(H,18,22). The molecule has 0 aliphatic carbocycles. The van der Waals surface area contributed by atoms with Crippen LogP contribution < -0.4 is 10.9 Å². The first-order valence-electron chi connectivity index (χ1n) is 7.17. The van der Waals surface area contributed by atoms with Gasteiger partial charge in [0, 0.05) is 5.69 Å². The summed E-state index contributed by atoms with van der Waals surface area (Å²) < 4.78 is 1.24. The predicted molar refractivity (Wildman–Crippen MR) is 88.1 cm³/mol. The van der Waals surface area contributed by atoms with Gasteiger partial charge in [-0.1, -0.05) is 35.4 Å². The van der Waals surface area contributed by atoms with Crippen LogP contribution in [0.4, 0.5) is 5.69 Å². The molecule has 1 heterocycles. The molecule has 2 aromatic carbocycles. The van der Waals surface area contributed by atoms with Crippen LogP contribution in [0, 0.1) is 13.8 Å². The summed E-state index contributed by atoms with van der Waals surface area (Å²) in [4.78, 5) is 24.6. The lowest BCUT2D eigenvalue weighted by molar-refractivity contribution is 0.102. The number of amides is 1. The summed E-state index contributed by atoms with van der Waals surface area (Å²) in [6, 6.07) is 14.7. The van der Waals surface area contributed by atoms with Crippen molar-refractivity contribution in [2.24, 2.45) is 0 Å². The van der Waals surface area contributed by atoms with Gasteiger partial charge in [-0.25, -0.2) is 9.90 Å². The van der Waals surface area contributed by atoms with E-state index in [0.29, 0.717) is 11.4 Å². The molecule has 2 N–H and O–H groups in total. The molecule has 0 saturated carbocycles. The van der Waals surface area contributed by atoms with Gasteiger partial charge < -0.3 is 5.32 Å². The molecule has 3 rings (SSSR count).